The third kappa shape index (κ3) is 2.19. The standard InChI is InChI=1S/C7H12N2O/c1-8-4-2-3-7-5-9-6-10-7/h5-6,8H,2-4H2,1H3. The SMILES string of the molecule is CNCCCc1cnco1. The Kier molecular flexibility index (Phi) is 2.96. The molecule has 1 rings (SSSR count). The van der Waals surface area contributed by atoms with E-state index in [2.05, 4.69) is 10.3 Å². The van der Waals surface area contributed by atoms with Crippen molar-refractivity contribution >= 4 is 0 Å². The first kappa shape index (κ1) is 7.28. The Morgan fingerprint density at radius 2 is 2.60 bits per heavy atom. The molecule has 0 bridgehead atoms. The summed E-state index contributed by atoms with van der Waals surface area (Å²) >= 11 is 0. The van der Waals surface area contributed by atoms with Crippen LogP contribution in [0.5, 0.6) is 0 Å². The van der Waals surface area contributed by atoms with Crippen molar-refractivity contribution in [1.82, 2.24) is 10.3 Å². The Hall–Kier alpha value is -0.830. The number of nitrogens with one attached hydrogen (secondary N) is 1. The van der Waals surface area contributed by atoms with Crippen molar-refractivity contribution in [3.63, 3.8) is 0 Å². The van der Waals surface area contributed by atoms with Crippen molar-refractivity contribution in [3.05, 3.63) is 18.4 Å². The summed E-state index contributed by atoms with van der Waals surface area (Å²) in [5.41, 5.74) is 0. The number of nitrogens with zero attached hydrogens (tertiary/aromatic N) is 1. The first-order chi connectivity index (χ1) is 4.93. The van der Waals surface area contributed by atoms with Gasteiger partial charge in [-0.3, -0.25) is 0 Å². The van der Waals surface area contributed by atoms with Crippen molar-refractivity contribution < 1.29 is 4.42 Å². The van der Waals surface area contributed by atoms with Crippen LogP contribution in [0.15, 0.2) is 17.0 Å². The zero-order chi connectivity index (χ0) is 7.23. The molecule has 1 heterocycles. The lowest BCUT2D eigenvalue weighted by molar-refractivity contribution is 0.494. The molecule has 0 amide bonds. The van der Waals surface area contributed by atoms with Crippen LogP contribution in [0, 0.1) is 0 Å². The summed E-state index contributed by atoms with van der Waals surface area (Å²) in [5, 5.41) is 3.07. The number of aromatic nitrogens is 1. The van der Waals surface area contributed by atoms with Crippen LogP contribution in [0.25, 0.3) is 0 Å². The van der Waals surface area contributed by atoms with Crippen molar-refractivity contribution in [2.24, 2.45) is 0 Å². The van der Waals surface area contributed by atoms with Crippen LogP contribution in [0.3, 0.4) is 0 Å². The van der Waals surface area contributed by atoms with Crippen molar-refractivity contribution in [3.8, 4) is 0 Å². The normalized spacial score (nSPS) is 10.1. The highest BCUT2D eigenvalue weighted by Crippen LogP contribution is 1.99. The first-order valence-electron chi connectivity index (χ1n) is 3.45. The summed E-state index contributed by atoms with van der Waals surface area (Å²) < 4.78 is 5.04. The van der Waals surface area contributed by atoms with E-state index in [9.17, 15) is 0 Å². The van der Waals surface area contributed by atoms with Crippen LogP contribution in [0.1, 0.15) is 12.2 Å². The molecule has 0 unspecified atom stereocenters. The minimum atomic E-state index is 0.968. The van der Waals surface area contributed by atoms with Crippen LogP contribution in [0.4, 0.5) is 0 Å². The van der Waals surface area contributed by atoms with Gasteiger partial charge < -0.3 is 9.73 Å². The number of oxazole rings is 1. The van der Waals surface area contributed by atoms with E-state index in [0.717, 1.165) is 25.1 Å². The third-order valence-corrected chi connectivity index (χ3v) is 1.33. The molecular formula is C7H12N2O. The van der Waals surface area contributed by atoms with Gasteiger partial charge in [0.15, 0.2) is 6.39 Å². The zero-order valence-corrected chi connectivity index (χ0v) is 6.13. The Labute approximate surface area is 60.5 Å². The Morgan fingerprint density at radius 3 is 3.20 bits per heavy atom. The molecule has 0 aliphatic carbocycles. The van der Waals surface area contributed by atoms with Gasteiger partial charge in [-0.2, -0.15) is 0 Å². The van der Waals surface area contributed by atoms with Gasteiger partial charge in [0.1, 0.15) is 5.76 Å². The molecular weight excluding hydrogens is 128 g/mol. The second-order valence-corrected chi connectivity index (χ2v) is 2.17. The molecule has 0 saturated carbocycles. The van der Waals surface area contributed by atoms with E-state index in [1.165, 1.54) is 6.39 Å². The molecule has 0 aliphatic heterocycles. The maximum atomic E-state index is 5.04. The van der Waals surface area contributed by atoms with Crippen molar-refractivity contribution in [2.45, 2.75) is 12.8 Å². The second kappa shape index (κ2) is 4.06. The van der Waals surface area contributed by atoms with Gasteiger partial charge in [-0.05, 0) is 20.0 Å². The van der Waals surface area contributed by atoms with E-state index in [1.54, 1.807) is 6.20 Å². The van der Waals surface area contributed by atoms with Crippen LogP contribution >= 0.6 is 0 Å². The lowest BCUT2D eigenvalue weighted by Crippen LogP contribution is -2.07. The fourth-order valence-corrected chi connectivity index (χ4v) is 0.805. The van der Waals surface area contributed by atoms with E-state index in [1.807, 2.05) is 7.05 Å². The molecule has 0 spiro atoms. The average molecular weight is 140 g/mol. The van der Waals surface area contributed by atoms with E-state index in [4.69, 9.17) is 4.42 Å². The van der Waals surface area contributed by atoms with Gasteiger partial charge in [-0.15, -0.1) is 0 Å². The highest BCUT2D eigenvalue weighted by atomic mass is 16.3. The van der Waals surface area contributed by atoms with Gasteiger partial charge in [0.2, 0.25) is 0 Å². The average Bonchev–Trinajstić information content (AvgIpc) is 2.41. The minimum absolute atomic E-state index is 0.968. The fraction of sp³-hybridized carbons (Fsp3) is 0.571. The van der Waals surface area contributed by atoms with Gasteiger partial charge >= 0.3 is 0 Å². The maximum absolute atomic E-state index is 5.04. The molecule has 56 valence electrons. The molecule has 3 nitrogen and oxygen atoms in total. The Bertz CT molecular complexity index is 160. The molecule has 0 saturated heterocycles. The lowest BCUT2D eigenvalue weighted by atomic mass is 10.3. The quantitative estimate of drug-likeness (QED) is 0.629. The molecule has 0 aliphatic rings. The predicted molar refractivity (Wildman–Crippen MR) is 38.8 cm³/mol. The number of hydrogen-bond acceptors (Lipinski definition) is 3. The molecule has 0 atom stereocenters. The minimum Gasteiger partial charge on any atom is -0.449 e. The monoisotopic (exact) mass is 140 g/mol. The smallest absolute Gasteiger partial charge is 0.180 e. The zero-order valence-electron chi connectivity index (χ0n) is 6.13. The number of aryl methyl sites for hydroxylation is 1. The van der Waals surface area contributed by atoms with Crippen LogP contribution in [-0.2, 0) is 6.42 Å². The molecule has 1 N–H and O–H groups in total. The van der Waals surface area contributed by atoms with E-state index in [0.29, 0.717) is 0 Å². The topological polar surface area (TPSA) is 38.1 Å². The van der Waals surface area contributed by atoms with Gasteiger partial charge in [-0.1, -0.05) is 0 Å². The predicted octanol–water partition coefficient (Wildman–Crippen LogP) is 0.827. The van der Waals surface area contributed by atoms with E-state index >= 15 is 0 Å². The van der Waals surface area contributed by atoms with Crippen LogP contribution < -0.4 is 5.32 Å². The van der Waals surface area contributed by atoms with Gasteiger partial charge in [0, 0.05) is 6.42 Å². The highest BCUT2D eigenvalue weighted by Gasteiger charge is 1.93. The van der Waals surface area contributed by atoms with Crippen molar-refractivity contribution in [2.75, 3.05) is 13.6 Å². The molecule has 1 aromatic heterocycles. The van der Waals surface area contributed by atoms with Gasteiger partial charge in [0.25, 0.3) is 0 Å². The Balaban J connectivity index is 2.15. The van der Waals surface area contributed by atoms with Gasteiger partial charge in [-0.25, -0.2) is 4.98 Å². The summed E-state index contributed by atoms with van der Waals surface area (Å²) in [6, 6.07) is 0. The maximum Gasteiger partial charge on any atom is 0.180 e. The van der Waals surface area contributed by atoms with Gasteiger partial charge in [0.05, 0.1) is 6.20 Å². The molecule has 3 heteroatoms. The third-order valence-electron chi connectivity index (χ3n) is 1.33. The molecule has 0 radical (unpaired) electrons. The lowest BCUT2D eigenvalue weighted by Gasteiger charge is -1.94. The van der Waals surface area contributed by atoms with Crippen LogP contribution in [-0.4, -0.2) is 18.6 Å². The molecule has 10 heavy (non-hydrogen) atoms. The second-order valence-electron chi connectivity index (χ2n) is 2.17. The fourth-order valence-electron chi connectivity index (χ4n) is 0.805. The van der Waals surface area contributed by atoms with E-state index < -0.39 is 0 Å². The summed E-state index contributed by atoms with van der Waals surface area (Å²) in [7, 11) is 1.94. The summed E-state index contributed by atoms with van der Waals surface area (Å²) in [5.74, 6) is 0.968. The van der Waals surface area contributed by atoms with E-state index in [-0.39, 0.29) is 0 Å². The summed E-state index contributed by atoms with van der Waals surface area (Å²) in [6.45, 7) is 1.03. The summed E-state index contributed by atoms with van der Waals surface area (Å²) in [6.07, 6.45) is 5.30. The molecule has 1 aromatic rings. The largest absolute Gasteiger partial charge is 0.449 e. The molecule has 0 aromatic carbocycles. The highest BCUT2D eigenvalue weighted by molar-refractivity contribution is 4.87. The number of rotatable bonds is 4. The molecule has 0 fully saturated rings. The number of hydrogen-bond donors (Lipinski definition) is 1. The van der Waals surface area contributed by atoms with Crippen LogP contribution in [0.2, 0.25) is 0 Å². The first-order valence-corrected chi connectivity index (χ1v) is 3.45. The Morgan fingerprint density at radius 1 is 1.70 bits per heavy atom. The summed E-state index contributed by atoms with van der Waals surface area (Å²) in [4.78, 5) is 3.81. The van der Waals surface area contributed by atoms with Crippen molar-refractivity contribution in [1.29, 1.82) is 0 Å².